The van der Waals surface area contributed by atoms with Gasteiger partial charge in [0.05, 0.1) is 40.2 Å². The molecule has 0 aliphatic rings. The largest absolute Gasteiger partial charge is 0.480 e. The summed E-state index contributed by atoms with van der Waals surface area (Å²) in [6.45, 7) is 1.78. The number of imidazole rings is 1. The average molecular weight is 506 g/mol. The van der Waals surface area contributed by atoms with Crippen molar-refractivity contribution < 1.29 is 9.90 Å². The molecule has 4 aromatic heterocycles. The summed E-state index contributed by atoms with van der Waals surface area (Å²) in [4.78, 5) is 39.9. The molecule has 0 spiro atoms. The maximum atomic E-state index is 13.4. The predicted octanol–water partition coefficient (Wildman–Crippen LogP) is 4.59. The first-order chi connectivity index (χ1) is 18.5. The van der Waals surface area contributed by atoms with Crippen LogP contribution in [0.1, 0.15) is 18.7 Å². The lowest BCUT2D eigenvalue weighted by Crippen LogP contribution is -2.17. The molecular weight excluding hydrogens is 482 g/mol. The van der Waals surface area contributed by atoms with Crippen LogP contribution >= 0.6 is 0 Å². The van der Waals surface area contributed by atoms with E-state index in [-0.39, 0.29) is 18.1 Å². The number of carboxylic acids is 1. The Bertz CT molecular complexity index is 1850. The molecule has 2 aromatic carbocycles. The smallest absolute Gasteiger partial charge is 0.325 e. The number of carbonyl (C=O) groups is 1. The van der Waals surface area contributed by atoms with Crippen molar-refractivity contribution in [3.05, 3.63) is 95.3 Å². The lowest BCUT2D eigenvalue weighted by molar-refractivity contribution is -0.137. The number of hydrogen-bond acceptors (Lipinski definition) is 6. The Kier molecular flexibility index (Phi) is 5.68. The standard InChI is InChI=1S/C28H23N7O3/c1-16(20-7-4-5-11-29-20)31-26-19-6-2-3-8-21(19)34-28(38)25(26)27-32-22-10-9-17(12-23(22)33-27)18-13-30-35(14-18)15-24(36)37/h2-14,16H,15H2,1H3,(H,32,33)(H,36,37)(H2,31,34,38)/t16-/m0/s1. The van der Waals surface area contributed by atoms with Crippen LogP contribution in [-0.4, -0.2) is 40.8 Å². The van der Waals surface area contributed by atoms with Crippen molar-refractivity contribution in [1.82, 2.24) is 29.7 Å². The third-order valence-electron chi connectivity index (χ3n) is 6.40. The lowest BCUT2D eigenvalue weighted by Gasteiger charge is -2.18. The van der Waals surface area contributed by atoms with E-state index < -0.39 is 5.97 Å². The number of benzene rings is 2. The summed E-state index contributed by atoms with van der Waals surface area (Å²) in [7, 11) is 0. The number of aromatic nitrogens is 6. The molecule has 0 aliphatic carbocycles. The normalized spacial score (nSPS) is 12.1. The van der Waals surface area contributed by atoms with Gasteiger partial charge in [0.15, 0.2) is 0 Å². The van der Waals surface area contributed by atoms with E-state index >= 15 is 0 Å². The summed E-state index contributed by atoms with van der Waals surface area (Å²) < 4.78 is 1.37. The molecule has 10 nitrogen and oxygen atoms in total. The van der Waals surface area contributed by atoms with Crippen molar-refractivity contribution in [2.75, 3.05) is 5.32 Å². The molecule has 0 unspecified atom stereocenters. The van der Waals surface area contributed by atoms with E-state index in [1.807, 2.05) is 67.6 Å². The Morgan fingerprint density at radius 1 is 1.05 bits per heavy atom. The maximum absolute atomic E-state index is 13.4. The van der Waals surface area contributed by atoms with E-state index in [0.717, 1.165) is 27.7 Å². The zero-order valence-corrected chi connectivity index (χ0v) is 20.3. The first-order valence-electron chi connectivity index (χ1n) is 12.0. The van der Waals surface area contributed by atoms with Gasteiger partial charge in [-0.05, 0) is 42.8 Å². The zero-order chi connectivity index (χ0) is 26.2. The van der Waals surface area contributed by atoms with E-state index in [9.17, 15) is 9.59 Å². The number of pyridine rings is 2. The summed E-state index contributed by atoms with van der Waals surface area (Å²) >= 11 is 0. The van der Waals surface area contributed by atoms with Gasteiger partial charge in [-0.15, -0.1) is 0 Å². The highest BCUT2D eigenvalue weighted by atomic mass is 16.4. The molecule has 6 aromatic rings. The topological polar surface area (TPSA) is 142 Å². The molecule has 0 bridgehead atoms. The Morgan fingerprint density at radius 2 is 1.89 bits per heavy atom. The molecule has 0 amide bonds. The predicted molar refractivity (Wildman–Crippen MR) is 145 cm³/mol. The van der Waals surface area contributed by atoms with Gasteiger partial charge in [0.2, 0.25) is 0 Å². The zero-order valence-electron chi connectivity index (χ0n) is 20.3. The quantitative estimate of drug-likeness (QED) is 0.249. The van der Waals surface area contributed by atoms with E-state index in [1.54, 1.807) is 18.6 Å². The summed E-state index contributed by atoms with van der Waals surface area (Å²) in [5, 5.41) is 17.5. The van der Waals surface area contributed by atoms with Gasteiger partial charge in [0, 0.05) is 23.3 Å². The maximum Gasteiger partial charge on any atom is 0.325 e. The molecule has 10 heteroatoms. The number of nitrogens with zero attached hydrogens (tertiary/aromatic N) is 4. The second kappa shape index (κ2) is 9.32. The molecule has 0 fully saturated rings. The monoisotopic (exact) mass is 505 g/mol. The number of H-pyrrole nitrogens is 2. The molecule has 188 valence electrons. The second-order valence-corrected chi connectivity index (χ2v) is 9.01. The average Bonchev–Trinajstić information content (AvgIpc) is 3.55. The highest BCUT2D eigenvalue weighted by Crippen LogP contribution is 2.34. The highest BCUT2D eigenvalue weighted by Gasteiger charge is 2.20. The number of hydrogen-bond donors (Lipinski definition) is 4. The van der Waals surface area contributed by atoms with Crippen molar-refractivity contribution in [3.63, 3.8) is 0 Å². The van der Waals surface area contributed by atoms with Gasteiger partial charge in [0.1, 0.15) is 17.9 Å². The van der Waals surface area contributed by atoms with E-state index in [1.165, 1.54) is 4.68 Å². The van der Waals surface area contributed by atoms with Gasteiger partial charge in [-0.1, -0.05) is 30.3 Å². The SMILES string of the molecule is C[C@H](Nc1c(-c2nc3ccc(-c4cnn(CC(=O)O)c4)cc3[nH]2)c(=O)[nH]c2ccccc12)c1ccccn1. The Morgan fingerprint density at radius 3 is 2.71 bits per heavy atom. The summed E-state index contributed by atoms with van der Waals surface area (Å²) in [5.74, 6) is -0.530. The molecule has 1 atom stereocenters. The minimum atomic E-state index is -0.962. The van der Waals surface area contributed by atoms with Gasteiger partial charge in [-0.2, -0.15) is 5.10 Å². The van der Waals surface area contributed by atoms with Crippen LogP contribution in [0.2, 0.25) is 0 Å². The molecule has 0 radical (unpaired) electrons. The number of nitrogens with one attached hydrogen (secondary N) is 3. The van der Waals surface area contributed by atoms with E-state index in [0.29, 0.717) is 28.1 Å². The van der Waals surface area contributed by atoms with Crippen LogP contribution in [0, 0.1) is 0 Å². The minimum absolute atomic E-state index is 0.168. The summed E-state index contributed by atoms with van der Waals surface area (Å²) in [6, 6.07) is 18.9. The second-order valence-electron chi connectivity index (χ2n) is 9.01. The van der Waals surface area contributed by atoms with E-state index in [4.69, 9.17) is 10.1 Å². The number of rotatable bonds is 7. The van der Waals surface area contributed by atoms with Gasteiger partial charge >= 0.3 is 5.97 Å². The number of fused-ring (bicyclic) bond motifs is 2. The van der Waals surface area contributed by atoms with Crippen LogP contribution in [0.25, 0.3) is 44.5 Å². The van der Waals surface area contributed by atoms with Gasteiger partial charge in [-0.25, -0.2) is 4.98 Å². The fourth-order valence-electron chi connectivity index (χ4n) is 4.59. The Balaban J connectivity index is 1.45. The minimum Gasteiger partial charge on any atom is -0.480 e. The van der Waals surface area contributed by atoms with Gasteiger partial charge < -0.3 is 20.4 Å². The Hall–Kier alpha value is -5.25. The van der Waals surface area contributed by atoms with Crippen LogP contribution < -0.4 is 10.9 Å². The van der Waals surface area contributed by atoms with Crippen LogP contribution in [0.4, 0.5) is 5.69 Å². The van der Waals surface area contributed by atoms with Gasteiger partial charge in [0.25, 0.3) is 5.56 Å². The molecular formula is C28H23N7O3. The van der Waals surface area contributed by atoms with Crippen molar-refractivity contribution >= 4 is 33.6 Å². The number of carboxylic acid groups (broad SMARTS) is 1. The van der Waals surface area contributed by atoms with Gasteiger partial charge in [-0.3, -0.25) is 19.3 Å². The van der Waals surface area contributed by atoms with Crippen molar-refractivity contribution in [2.24, 2.45) is 0 Å². The molecule has 0 saturated carbocycles. The van der Waals surface area contributed by atoms with Crippen LogP contribution in [0.3, 0.4) is 0 Å². The van der Waals surface area contributed by atoms with Crippen molar-refractivity contribution in [2.45, 2.75) is 19.5 Å². The molecule has 0 aliphatic heterocycles. The fraction of sp³-hybridized carbons (Fsp3) is 0.107. The number of aromatic amines is 2. The van der Waals surface area contributed by atoms with E-state index in [2.05, 4.69) is 25.4 Å². The first kappa shape index (κ1) is 23.2. The lowest BCUT2D eigenvalue weighted by atomic mass is 10.1. The number of para-hydroxylation sites is 1. The first-order valence-corrected chi connectivity index (χ1v) is 12.0. The molecule has 38 heavy (non-hydrogen) atoms. The molecule has 4 N–H and O–H groups in total. The summed E-state index contributed by atoms with van der Waals surface area (Å²) in [5.41, 5.74) is 5.41. The molecule has 6 rings (SSSR count). The number of anilines is 1. The van der Waals surface area contributed by atoms with Crippen LogP contribution in [0.15, 0.2) is 84.0 Å². The molecule has 0 saturated heterocycles. The fourth-order valence-corrected chi connectivity index (χ4v) is 4.59. The van der Waals surface area contributed by atoms with Crippen molar-refractivity contribution in [1.29, 1.82) is 0 Å². The molecule has 4 heterocycles. The van der Waals surface area contributed by atoms with Crippen molar-refractivity contribution in [3.8, 4) is 22.5 Å². The third kappa shape index (κ3) is 4.28. The Labute approximate surface area is 216 Å². The third-order valence-corrected chi connectivity index (χ3v) is 6.40. The number of aliphatic carboxylic acids is 1. The summed E-state index contributed by atoms with van der Waals surface area (Å²) in [6.07, 6.45) is 5.05. The highest BCUT2D eigenvalue weighted by molar-refractivity contribution is 5.99. The van der Waals surface area contributed by atoms with Crippen LogP contribution in [-0.2, 0) is 11.3 Å². The van der Waals surface area contributed by atoms with Crippen LogP contribution in [0.5, 0.6) is 0 Å².